The second-order valence-corrected chi connectivity index (χ2v) is 4.70. The Bertz CT molecular complexity index is 504. The molecular weight excluding hydrogens is 271 g/mol. The van der Waals surface area contributed by atoms with Crippen molar-refractivity contribution in [1.82, 2.24) is 20.3 Å². The van der Waals surface area contributed by atoms with Crippen molar-refractivity contribution < 1.29 is 0 Å². The van der Waals surface area contributed by atoms with Crippen LogP contribution in [0.3, 0.4) is 0 Å². The van der Waals surface area contributed by atoms with Crippen molar-refractivity contribution >= 4 is 23.2 Å². The molecule has 0 bridgehead atoms. The van der Waals surface area contributed by atoms with Crippen LogP contribution in [-0.2, 0) is 13.1 Å². The molecule has 0 radical (unpaired) electrons. The fraction of sp³-hybridized carbons (Fsp3) is 0.333. The first kappa shape index (κ1) is 13.3. The Morgan fingerprint density at radius 2 is 2.00 bits per heavy atom. The highest BCUT2D eigenvalue weighted by molar-refractivity contribution is 6.35. The van der Waals surface area contributed by atoms with Gasteiger partial charge in [0.25, 0.3) is 0 Å². The van der Waals surface area contributed by atoms with Crippen LogP contribution in [0.15, 0.2) is 24.4 Å². The van der Waals surface area contributed by atoms with Gasteiger partial charge in [-0.1, -0.05) is 41.4 Å². The Morgan fingerprint density at radius 1 is 1.28 bits per heavy atom. The largest absolute Gasteiger partial charge is 0.311 e. The normalized spacial score (nSPS) is 10.8. The fourth-order valence-corrected chi connectivity index (χ4v) is 2.11. The number of aromatic nitrogens is 3. The molecule has 0 amide bonds. The summed E-state index contributed by atoms with van der Waals surface area (Å²) in [5, 5.41) is 12.6. The number of hydrogen-bond acceptors (Lipinski definition) is 3. The molecule has 1 N–H and O–H groups in total. The fourth-order valence-electron chi connectivity index (χ4n) is 1.60. The van der Waals surface area contributed by atoms with Gasteiger partial charge in [0.2, 0.25) is 0 Å². The second-order valence-electron chi connectivity index (χ2n) is 3.89. The third-order valence-electron chi connectivity index (χ3n) is 2.52. The average molecular weight is 285 g/mol. The Morgan fingerprint density at radius 3 is 2.67 bits per heavy atom. The van der Waals surface area contributed by atoms with Crippen LogP contribution in [-0.4, -0.2) is 21.5 Å². The van der Waals surface area contributed by atoms with Gasteiger partial charge in [0.15, 0.2) is 0 Å². The van der Waals surface area contributed by atoms with Crippen molar-refractivity contribution in [2.75, 3.05) is 6.54 Å². The Balaban J connectivity index is 2.11. The molecule has 0 atom stereocenters. The summed E-state index contributed by atoms with van der Waals surface area (Å²) >= 11 is 12.2. The lowest BCUT2D eigenvalue weighted by atomic mass is 10.2. The van der Waals surface area contributed by atoms with E-state index in [0.717, 1.165) is 17.8 Å². The molecule has 1 heterocycles. The van der Waals surface area contributed by atoms with E-state index in [1.54, 1.807) is 4.68 Å². The van der Waals surface area contributed by atoms with Gasteiger partial charge in [-0.2, -0.15) is 0 Å². The highest BCUT2D eigenvalue weighted by atomic mass is 35.5. The molecule has 0 spiro atoms. The van der Waals surface area contributed by atoms with E-state index in [2.05, 4.69) is 15.6 Å². The molecule has 0 saturated heterocycles. The van der Waals surface area contributed by atoms with Crippen LogP contribution in [0.5, 0.6) is 0 Å². The van der Waals surface area contributed by atoms with Gasteiger partial charge in [0.05, 0.1) is 18.4 Å². The maximum atomic E-state index is 6.11. The van der Waals surface area contributed by atoms with E-state index in [-0.39, 0.29) is 0 Å². The van der Waals surface area contributed by atoms with E-state index >= 15 is 0 Å². The molecule has 0 aliphatic rings. The molecule has 1 aromatic carbocycles. The summed E-state index contributed by atoms with van der Waals surface area (Å²) in [6, 6.07) is 5.46. The minimum atomic E-state index is 0.525. The third kappa shape index (κ3) is 3.22. The van der Waals surface area contributed by atoms with Crippen molar-refractivity contribution in [3.05, 3.63) is 45.7 Å². The standard InChI is InChI=1S/C12H14Cl2N4/c1-2-15-6-9-7-18(17-16-9)8-10-11(13)4-3-5-12(10)14/h3-5,7,15H,2,6,8H2,1H3. The van der Waals surface area contributed by atoms with Crippen LogP contribution in [0.1, 0.15) is 18.2 Å². The minimum absolute atomic E-state index is 0.525. The molecule has 18 heavy (non-hydrogen) atoms. The molecule has 2 rings (SSSR count). The minimum Gasteiger partial charge on any atom is -0.311 e. The summed E-state index contributed by atoms with van der Waals surface area (Å²) in [5.41, 5.74) is 1.76. The quantitative estimate of drug-likeness (QED) is 0.918. The third-order valence-corrected chi connectivity index (χ3v) is 3.23. The number of halogens is 2. The molecule has 0 fully saturated rings. The summed E-state index contributed by atoms with van der Waals surface area (Å²) < 4.78 is 1.74. The molecule has 0 saturated carbocycles. The first-order valence-corrected chi connectivity index (χ1v) is 6.49. The van der Waals surface area contributed by atoms with E-state index in [1.807, 2.05) is 31.3 Å². The SMILES string of the molecule is CCNCc1cn(Cc2c(Cl)cccc2Cl)nn1. The summed E-state index contributed by atoms with van der Waals surface area (Å²) in [6.45, 7) is 4.20. The van der Waals surface area contributed by atoms with Crippen LogP contribution in [0.25, 0.3) is 0 Å². The maximum Gasteiger partial charge on any atom is 0.0964 e. The molecule has 4 nitrogen and oxygen atoms in total. The van der Waals surface area contributed by atoms with Crippen LogP contribution >= 0.6 is 23.2 Å². The van der Waals surface area contributed by atoms with Crippen LogP contribution in [0.4, 0.5) is 0 Å². The Hall–Kier alpha value is -1.10. The number of nitrogens with one attached hydrogen (secondary N) is 1. The van der Waals surface area contributed by atoms with E-state index in [9.17, 15) is 0 Å². The zero-order valence-electron chi connectivity index (χ0n) is 10.0. The molecule has 2 aromatic rings. The van der Waals surface area contributed by atoms with Crippen molar-refractivity contribution in [3.8, 4) is 0 Å². The molecule has 0 aliphatic heterocycles. The number of rotatable bonds is 5. The summed E-state index contributed by atoms with van der Waals surface area (Å²) in [7, 11) is 0. The first-order chi connectivity index (χ1) is 8.70. The van der Waals surface area contributed by atoms with Crippen LogP contribution in [0, 0.1) is 0 Å². The zero-order valence-corrected chi connectivity index (χ0v) is 11.5. The highest BCUT2D eigenvalue weighted by Crippen LogP contribution is 2.24. The smallest absolute Gasteiger partial charge is 0.0964 e. The molecule has 96 valence electrons. The number of nitrogens with zero attached hydrogens (tertiary/aromatic N) is 3. The second kappa shape index (κ2) is 6.18. The molecule has 0 aliphatic carbocycles. The molecule has 0 unspecified atom stereocenters. The van der Waals surface area contributed by atoms with Gasteiger partial charge < -0.3 is 5.32 Å². The van der Waals surface area contributed by atoms with Crippen LogP contribution < -0.4 is 5.32 Å². The predicted molar refractivity (Wildman–Crippen MR) is 73.0 cm³/mol. The topological polar surface area (TPSA) is 42.7 Å². The average Bonchev–Trinajstić information content (AvgIpc) is 2.79. The van der Waals surface area contributed by atoms with Gasteiger partial charge in [0, 0.05) is 22.2 Å². The van der Waals surface area contributed by atoms with Gasteiger partial charge in [-0.15, -0.1) is 5.10 Å². The summed E-state index contributed by atoms with van der Waals surface area (Å²) in [4.78, 5) is 0. The van der Waals surface area contributed by atoms with Gasteiger partial charge in [-0.3, -0.25) is 0 Å². The first-order valence-electron chi connectivity index (χ1n) is 5.73. The van der Waals surface area contributed by atoms with Gasteiger partial charge in [0.1, 0.15) is 0 Å². The van der Waals surface area contributed by atoms with E-state index in [0.29, 0.717) is 23.1 Å². The van der Waals surface area contributed by atoms with E-state index in [1.165, 1.54) is 0 Å². The molecular formula is C12H14Cl2N4. The van der Waals surface area contributed by atoms with E-state index < -0.39 is 0 Å². The zero-order chi connectivity index (χ0) is 13.0. The van der Waals surface area contributed by atoms with Crippen molar-refractivity contribution in [2.45, 2.75) is 20.0 Å². The van der Waals surface area contributed by atoms with E-state index in [4.69, 9.17) is 23.2 Å². The lowest BCUT2D eigenvalue weighted by Crippen LogP contribution is -2.11. The summed E-state index contributed by atoms with van der Waals surface area (Å²) in [6.07, 6.45) is 1.89. The van der Waals surface area contributed by atoms with Crippen LogP contribution in [0.2, 0.25) is 10.0 Å². The monoisotopic (exact) mass is 284 g/mol. The maximum absolute atomic E-state index is 6.11. The molecule has 1 aromatic heterocycles. The molecule has 6 heteroatoms. The Kier molecular flexibility index (Phi) is 4.58. The van der Waals surface area contributed by atoms with Crippen molar-refractivity contribution in [1.29, 1.82) is 0 Å². The van der Waals surface area contributed by atoms with Crippen molar-refractivity contribution in [2.24, 2.45) is 0 Å². The number of benzene rings is 1. The Labute approximate surface area is 116 Å². The van der Waals surface area contributed by atoms with Gasteiger partial charge in [-0.05, 0) is 18.7 Å². The lowest BCUT2D eigenvalue weighted by molar-refractivity contribution is 0.648. The van der Waals surface area contributed by atoms with Gasteiger partial charge >= 0.3 is 0 Å². The highest BCUT2D eigenvalue weighted by Gasteiger charge is 2.07. The van der Waals surface area contributed by atoms with Crippen molar-refractivity contribution in [3.63, 3.8) is 0 Å². The predicted octanol–water partition coefficient (Wildman–Crippen LogP) is 2.74. The van der Waals surface area contributed by atoms with Gasteiger partial charge in [-0.25, -0.2) is 4.68 Å². The lowest BCUT2D eigenvalue weighted by Gasteiger charge is -2.05. The summed E-state index contributed by atoms with van der Waals surface area (Å²) in [5.74, 6) is 0. The number of hydrogen-bond donors (Lipinski definition) is 1.